The van der Waals surface area contributed by atoms with Crippen LogP contribution < -0.4 is 5.32 Å². The predicted octanol–water partition coefficient (Wildman–Crippen LogP) is -0.208. The zero-order valence-electron chi connectivity index (χ0n) is 9.52. The average Bonchev–Trinajstić information content (AvgIpc) is 2.55. The highest BCUT2D eigenvalue weighted by molar-refractivity contribution is 7.91. The average molecular weight is 263 g/mol. The number of sulfone groups is 1. The Kier molecular flexibility index (Phi) is 4.92. The van der Waals surface area contributed by atoms with Crippen molar-refractivity contribution in [2.24, 2.45) is 5.92 Å². The van der Waals surface area contributed by atoms with Crippen molar-refractivity contribution in [3.63, 3.8) is 0 Å². The Balaban J connectivity index is 2.14. The van der Waals surface area contributed by atoms with Gasteiger partial charge in [0.1, 0.15) is 0 Å². The smallest absolute Gasteiger partial charge is 0.303 e. The van der Waals surface area contributed by atoms with Gasteiger partial charge in [0.2, 0.25) is 5.91 Å². The molecule has 0 aromatic carbocycles. The third-order valence-electron chi connectivity index (χ3n) is 2.71. The number of rotatable bonds is 6. The molecule has 1 aliphatic rings. The molecule has 0 radical (unpaired) electrons. The van der Waals surface area contributed by atoms with Gasteiger partial charge in [-0.3, -0.25) is 9.59 Å². The standard InChI is InChI=1S/C10H17NO5S/c12-9(2-1-3-10(13)14)11-6-8-4-5-17(15,16)7-8/h8H,1-7H2,(H,11,12)(H,13,14). The fourth-order valence-corrected chi connectivity index (χ4v) is 3.64. The van der Waals surface area contributed by atoms with Crippen molar-refractivity contribution in [3.05, 3.63) is 0 Å². The van der Waals surface area contributed by atoms with E-state index in [4.69, 9.17) is 5.11 Å². The molecule has 7 heteroatoms. The molecule has 0 aromatic heterocycles. The molecule has 1 atom stereocenters. The second-order valence-electron chi connectivity index (χ2n) is 4.32. The molecule has 1 amide bonds. The number of hydrogen-bond acceptors (Lipinski definition) is 4. The second-order valence-corrected chi connectivity index (χ2v) is 6.55. The van der Waals surface area contributed by atoms with E-state index in [9.17, 15) is 18.0 Å². The molecule has 1 rings (SSSR count). The highest BCUT2D eigenvalue weighted by atomic mass is 32.2. The van der Waals surface area contributed by atoms with Crippen LogP contribution in [-0.4, -0.2) is 43.5 Å². The molecule has 1 fully saturated rings. The Labute approximate surface area is 100 Å². The van der Waals surface area contributed by atoms with E-state index in [1.807, 2.05) is 0 Å². The Hall–Kier alpha value is -1.11. The summed E-state index contributed by atoms with van der Waals surface area (Å²) >= 11 is 0. The van der Waals surface area contributed by atoms with E-state index >= 15 is 0 Å². The van der Waals surface area contributed by atoms with E-state index in [0.717, 1.165) is 0 Å². The molecule has 0 bridgehead atoms. The van der Waals surface area contributed by atoms with Crippen molar-refractivity contribution in [1.29, 1.82) is 0 Å². The zero-order valence-corrected chi connectivity index (χ0v) is 10.3. The maximum atomic E-state index is 11.3. The molecule has 1 saturated heterocycles. The number of hydrogen-bond donors (Lipinski definition) is 2. The van der Waals surface area contributed by atoms with Crippen molar-refractivity contribution < 1.29 is 23.1 Å². The van der Waals surface area contributed by atoms with E-state index < -0.39 is 15.8 Å². The zero-order chi connectivity index (χ0) is 12.9. The Morgan fingerprint density at radius 2 is 2.00 bits per heavy atom. The maximum Gasteiger partial charge on any atom is 0.303 e. The van der Waals surface area contributed by atoms with Gasteiger partial charge in [0.25, 0.3) is 0 Å². The van der Waals surface area contributed by atoms with Crippen LogP contribution in [0, 0.1) is 5.92 Å². The molecular formula is C10H17NO5S. The first-order valence-corrected chi connectivity index (χ1v) is 7.40. The first-order chi connectivity index (χ1) is 7.89. The summed E-state index contributed by atoms with van der Waals surface area (Å²) in [7, 11) is -2.90. The summed E-state index contributed by atoms with van der Waals surface area (Å²) in [4.78, 5) is 21.5. The van der Waals surface area contributed by atoms with E-state index in [-0.39, 0.29) is 36.2 Å². The molecule has 17 heavy (non-hydrogen) atoms. The number of aliphatic carboxylic acids is 1. The number of carbonyl (C=O) groups is 2. The highest BCUT2D eigenvalue weighted by Crippen LogP contribution is 2.17. The summed E-state index contributed by atoms with van der Waals surface area (Å²) in [5, 5.41) is 11.0. The minimum atomic E-state index is -2.90. The van der Waals surface area contributed by atoms with E-state index in [1.54, 1.807) is 0 Å². The first-order valence-electron chi connectivity index (χ1n) is 5.58. The van der Waals surface area contributed by atoms with E-state index in [1.165, 1.54) is 0 Å². The van der Waals surface area contributed by atoms with Gasteiger partial charge in [-0.05, 0) is 18.8 Å². The fourth-order valence-electron chi connectivity index (χ4n) is 1.78. The van der Waals surface area contributed by atoms with Crippen molar-refractivity contribution in [2.75, 3.05) is 18.1 Å². The number of carbonyl (C=O) groups excluding carboxylic acids is 1. The van der Waals surface area contributed by atoms with Gasteiger partial charge in [0, 0.05) is 19.4 Å². The van der Waals surface area contributed by atoms with Gasteiger partial charge >= 0.3 is 5.97 Å². The van der Waals surface area contributed by atoms with Gasteiger partial charge in [-0.1, -0.05) is 0 Å². The first kappa shape index (κ1) is 14.0. The molecule has 98 valence electrons. The van der Waals surface area contributed by atoms with Crippen LogP contribution in [0.5, 0.6) is 0 Å². The topological polar surface area (TPSA) is 101 Å². The molecule has 0 aromatic rings. The van der Waals surface area contributed by atoms with Gasteiger partial charge in [-0.2, -0.15) is 0 Å². The Morgan fingerprint density at radius 1 is 1.29 bits per heavy atom. The summed E-state index contributed by atoms with van der Waals surface area (Å²) in [5.41, 5.74) is 0. The highest BCUT2D eigenvalue weighted by Gasteiger charge is 2.27. The van der Waals surface area contributed by atoms with Crippen molar-refractivity contribution >= 4 is 21.7 Å². The van der Waals surface area contributed by atoms with Crippen LogP contribution in [-0.2, 0) is 19.4 Å². The quantitative estimate of drug-likeness (QED) is 0.690. The van der Waals surface area contributed by atoms with Crippen molar-refractivity contribution in [2.45, 2.75) is 25.7 Å². The molecular weight excluding hydrogens is 246 g/mol. The molecule has 1 unspecified atom stereocenters. The van der Waals surface area contributed by atoms with E-state index in [0.29, 0.717) is 19.4 Å². The van der Waals surface area contributed by atoms with Crippen LogP contribution in [0.2, 0.25) is 0 Å². The summed E-state index contributed by atoms with van der Waals surface area (Å²) in [6.45, 7) is 0.366. The summed E-state index contributed by atoms with van der Waals surface area (Å²) < 4.78 is 22.3. The molecule has 0 saturated carbocycles. The Morgan fingerprint density at radius 3 is 2.53 bits per heavy atom. The lowest BCUT2D eigenvalue weighted by Crippen LogP contribution is -2.29. The minimum Gasteiger partial charge on any atom is -0.481 e. The number of carboxylic acids is 1. The predicted molar refractivity (Wildman–Crippen MR) is 61.3 cm³/mol. The van der Waals surface area contributed by atoms with Crippen LogP contribution in [0.4, 0.5) is 0 Å². The second kappa shape index (κ2) is 6.00. The van der Waals surface area contributed by atoms with Crippen molar-refractivity contribution in [1.82, 2.24) is 5.32 Å². The fraction of sp³-hybridized carbons (Fsp3) is 0.800. The SMILES string of the molecule is O=C(O)CCCC(=O)NCC1CCS(=O)(=O)C1. The summed E-state index contributed by atoms with van der Waals surface area (Å²) in [5.74, 6) is -0.784. The lowest BCUT2D eigenvalue weighted by atomic mass is 10.1. The van der Waals surface area contributed by atoms with Gasteiger partial charge in [0.05, 0.1) is 11.5 Å². The monoisotopic (exact) mass is 263 g/mol. The van der Waals surface area contributed by atoms with Crippen LogP contribution in [0.25, 0.3) is 0 Å². The van der Waals surface area contributed by atoms with Crippen LogP contribution in [0.3, 0.4) is 0 Å². The van der Waals surface area contributed by atoms with Crippen molar-refractivity contribution in [3.8, 4) is 0 Å². The largest absolute Gasteiger partial charge is 0.481 e. The number of carboxylic acid groups (broad SMARTS) is 1. The molecule has 0 spiro atoms. The van der Waals surface area contributed by atoms with Crippen LogP contribution >= 0.6 is 0 Å². The maximum absolute atomic E-state index is 11.3. The molecule has 6 nitrogen and oxygen atoms in total. The van der Waals surface area contributed by atoms with Gasteiger partial charge in [0.15, 0.2) is 9.84 Å². The van der Waals surface area contributed by atoms with Gasteiger partial charge in [-0.25, -0.2) is 8.42 Å². The summed E-state index contributed by atoms with van der Waals surface area (Å²) in [6, 6.07) is 0. The van der Waals surface area contributed by atoms with Gasteiger partial charge < -0.3 is 10.4 Å². The third-order valence-corrected chi connectivity index (χ3v) is 4.55. The number of nitrogens with one attached hydrogen (secondary N) is 1. The molecule has 1 heterocycles. The molecule has 1 aliphatic heterocycles. The Bertz CT molecular complexity index is 390. The van der Waals surface area contributed by atoms with Crippen LogP contribution in [0.1, 0.15) is 25.7 Å². The minimum absolute atomic E-state index is 0.00317. The lowest BCUT2D eigenvalue weighted by Gasteiger charge is -2.09. The third kappa shape index (κ3) is 5.67. The summed E-state index contributed by atoms with van der Waals surface area (Å²) in [6.07, 6.45) is 1.05. The van der Waals surface area contributed by atoms with Gasteiger partial charge in [-0.15, -0.1) is 0 Å². The molecule has 2 N–H and O–H groups in total. The normalized spacial score (nSPS) is 22.2. The lowest BCUT2D eigenvalue weighted by molar-refractivity contribution is -0.137. The molecule has 0 aliphatic carbocycles. The number of amides is 1. The van der Waals surface area contributed by atoms with Crippen LogP contribution in [0.15, 0.2) is 0 Å². The van der Waals surface area contributed by atoms with E-state index in [2.05, 4.69) is 5.32 Å².